The van der Waals surface area contributed by atoms with E-state index in [-0.39, 0.29) is 52.2 Å². The third kappa shape index (κ3) is 6.82. The van der Waals surface area contributed by atoms with Gasteiger partial charge in [0.15, 0.2) is 0 Å². The van der Waals surface area contributed by atoms with Crippen molar-refractivity contribution in [1.82, 2.24) is 14.1 Å². The maximum atomic E-state index is 12.1. The summed E-state index contributed by atoms with van der Waals surface area (Å²) in [4.78, 5) is 5.49. The van der Waals surface area contributed by atoms with Gasteiger partial charge < -0.3 is 34.2 Å². The molecule has 0 unspecified atom stereocenters. The zero-order chi connectivity index (χ0) is 37.1. The van der Waals surface area contributed by atoms with Gasteiger partial charge in [0.05, 0.1) is 22.8 Å². The summed E-state index contributed by atoms with van der Waals surface area (Å²) in [5.41, 5.74) is 14.4. The van der Waals surface area contributed by atoms with Gasteiger partial charge in [-0.05, 0) is 84.6 Å². The first-order valence-electron chi connectivity index (χ1n) is 18.2. The van der Waals surface area contributed by atoms with E-state index in [1.54, 1.807) is 0 Å². The van der Waals surface area contributed by atoms with Crippen LogP contribution in [0, 0.1) is 28.7 Å². The molecule has 0 aliphatic rings. The van der Waals surface area contributed by atoms with Gasteiger partial charge in [-0.25, -0.2) is 4.98 Å². The number of hydrogen-bond donors (Lipinski definition) is 2. The van der Waals surface area contributed by atoms with Crippen LogP contribution in [0.2, 0.25) is 0 Å². The minimum Gasteiger partial charge on any atom is -0.507 e. The van der Waals surface area contributed by atoms with E-state index in [1.807, 2.05) is 84.9 Å². The molecule has 0 spiro atoms. The fraction of sp³-hybridized carbons (Fsp3) is 0.0784. The standard InChI is InChI=1S/C49H39N3O2.2CH3.Hf/c1-30-26-36(32-16-7-5-8-17-32)48(53)38(28-30)46-44(34-20-11-13-24-42(34)51(46)3)40-22-15-23-41(50-40)45-35-21-12-14-25-43(35)52(4)47(45)39-29-31(2)27-37(49(39)54)33-18-9-6-10-19-33;;;/h5-29,53-54H,1-4H3;2*1H3;/q;2*-1;. The second kappa shape index (κ2) is 16.2. The Labute approximate surface area is 354 Å². The molecule has 0 aliphatic carbocycles. The summed E-state index contributed by atoms with van der Waals surface area (Å²) in [6, 6.07) is 51.2. The van der Waals surface area contributed by atoms with Crippen molar-refractivity contribution in [3.8, 4) is 78.8 Å². The smallest absolute Gasteiger partial charge is 0.132 e. The fourth-order valence-corrected chi connectivity index (χ4v) is 8.24. The number of aromatic nitrogens is 3. The van der Waals surface area contributed by atoms with Gasteiger partial charge in [0.25, 0.3) is 0 Å². The van der Waals surface area contributed by atoms with E-state index in [0.717, 1.165) is 100 Å². The summed E-state index contributed by atoms with van der Waals surface area (Å²) >= 11 is 0. The number of hydrogen-bond acceptors (Lipinski definition) is 3. The molecule has 2 N–H and O–H groups in total. The zero-order valence-corrected chi connectivity index (χ0v) is 36.8. The third-order valence-corrected chi connectivity index (χ3v) is 10.7. The molecule has 3 aromatic heterocycles. The van der Waals surface area contributed by atoms with E-state index in [1.165, 1.54) is 0 Å². The van der Waals surface area contributed by atoms with E-state index in [0.29, 0.717) is 0 Å². The summed E-state index contributed by atoms with van der Waals surface area (Å²) in [6.07, 6.45) is 0. The number of para-hydroxylation sites is 2. The molecule has 6 aromatic carbocycles. The first kappa shape index (κ1) is 40.7. The molecule has 9 aromatic rings. The topological polar surface area (TPSA) is 63.2 Å². The number of phenols is 2. The van der Waals surface area contributed by atoms with Crippen molar-refractivity contribution < 1.29 is 36.1 Å². The summed E-state index contributed by atoms with van der Waals surface area (Å²) in [7, 11) is 4.12. The third-order valence-electron chi connectivity index (χ3n) is 10.7. The largest absolute Gasteiger partial charge is 0.507 e. The van der Waals surface area contributed by atoms with Crippen molar-refractivity contribution in [3.05, 3.63) is 178 Å². The van der Waals surface area contributed by atoms with Crippen LogP contribution in [0.25, 0.3) is 89.1 Å². The molecule has 0 saturated heterocycles. The Morgan fingerprint density at radius 1 is 0.439 bits per heavy atom. The van der Waals surface area contributed by atoms with Crippen LogP contribution in [0.4, 0.5) is 0 Å². The zero-order valence-electron chi connectivity index (χ0n) is 33.2. The maximum Gasteiger partial charge on any atom is 0.132 e. The maximum absolute atomic E-state index is 12.1. The van der Waals surface area contributed by atoms with Crippen molar-refractivity contribution in [2.45, 2.75) is 13.8 Å². The van der Waals surface area contributed by atoms with Gasteiger partial charge in [0.2, 0.25) is 0 Å². The number of nitrogens with zero attached hydrogens (tertiary/aromatic N) is 3. The van der Waals surface area contributed by atoms with Gasteiger partial charge in [-0.2, -0.15) is 0 Å². The van der Waals surface area contributed by atoms with Gasteiger partial charge in [0.1, 0.15) is 11.5 Å². The summed E-state index contributed by atoms with van der Waals surface area (Å²) in [6.45, 7) is 4.14. The van der Waals surface area contributed by atoms with E-state index < -0.39 is 0 Å². The summed E-state index contributed by atoms with van der Waals surface area (Å²) < 4.78 is 4.34. The fourth-order valence-electron chi connectivity index (χ4n) is 8.24. The number of fused-ring (bicyclic) bond motifs is 2. The van der Waals surface area contributed by atoms with Crippen LogP contribution in [0.1, 0.15) is 11.1 Å². The molecule has 5 nitrogen and oxygen atoms in total. The van der Waals surface area contributed by atoms with Crippen LogP contribution < -0.4 is 0 Å². The summed E-state index contributed by atoms with van der Waals surface area (Å²) in [5.74, 6) is 0.464. The number of phenolic OH excluding ortho intramolecular Hbond substituents is 2. The Morgan fingerprint density at radius 3 is 1.19 bits per heavy atom. The number of aryl methyl sites for hydroxylation is 4. The first-order valence-corrected chi connectivity index (χ1v) is 18.2. The normalized spacial score (nSPS) is 10.9. The minimum atomic E-state index is 0. The Bertz CT molecular complexity index is 2700. The number of benzene rings is 6. The molecule has 0 saturated carbocycles. The molecule has 0 bridgehead atoms. The van der Waals surface area contributed by atoms with Crippen LogP contribution in [0.5, 0.6) is 11.5 Å². The molecule has 0 atom stereocenters. The van der Waals surface area contributed by atoms with Gasteiger partial charge in [-0.1, -0.05) is 103 Å². The van der Waals surface area contributed by atoms with Crippen LogP contribution in [-0.4, -0.2) is 24.3 Å². The molecule has 57 heavy (non-hydrogen) atoms. The van der Waals surface area contributed by atoms with Crippen molar-refractivity contribution >= 4 is 21.8 Å². The number of aromatic hydroxyl groups is 2. The Hall–Kier alpha value is -5.98. The van der Waals surface area contributed by atoms with E-state index in [9.17, 15) is 10.2 Å². The van der Waals surface area contributed by atoms with Crippen molar-refractivity contribution in [2.24, 2.45) is 14.1 Å². The summed E-state index contributed by atoms with van der Waals surface area (Å²) in [5, 5.41) is 26.2. The van der Waals surface area contributed by atoms with Crippen LogP contribution >= 0.6 is 0 Å². The second-order valence-corrected chi connectivity index (χ2v) is 14.2. The predicted octanol–water partition coefficient (Wildman–Crippen LogP) is 13.0. The number of pyridine rings is 1. The quantitative estimate of drug-likeness (QED) is 0.129. The first-order chi connectivity index (χ1) is 26.3. The molecule has 0 radical (unpaired) electrons. The average molecular weight is 910 g/mol. The van der Waals surface area contributed by atoms with Gasteiger partial charge in [-0.3, -0.25) is 0 Å². The van der Waals surface area contributed by atoms with Gasteiger partial charge in [-0.15, -0.1) is 0 Å². The molecule has 0 aliphatic heterocycles. The monoisotopic (exact) mass is 911 g/mol. The van der Waals surface area contributed by atoms with E-state index in [4.69, 9.17) is 4.98 Å². The molecule has 0 amide bonds. The molecule has 9 rings (SSSR count). The molecule has 0 fully saturated rings. The van der Waals surface area contributed by atoms with Crippen molar-refractivity contribution in [3.63, 3.8) is 0 Å². The molecule has 282 valence electrons. The second-order valence-electron chi connectivity index (χ2n) is 14.2. The Morgan fingerprint density at radius 2 is 0.789 bits per heavy atom. The Kier molecular flexibility index (Phi) is 11.6. The Balaban J connectivity index is 0.00000183. The van der Waals surface area contributed by atoms with Crippen molar-refractivity contribution in [2.75, 3.05) is 0 Å². The van der Waals surface area contributed by atoms with Gasteiger partial charge in [0, 0.05) is 95.1 Å². The molecule has 6 heteroatoms. The van der Waals surface area contributed by atoms with Gasteiger partial charge >= 0.3 is 0 Å². The molecular weight excluding hydrogens is 865 g/mol. The molecule has 3 heterocycles. The predicted molar refractivity (Wildman–Crippen MR) is 235 cm³/mol. The van der Waals surface area contributed by atoms with E-state index in [2.05, 4.69) is 104 Å². The van der Waals surface area contributed by atoms with Crippen LogP contribution in [-0.2, 0) is 39.9 Å². The number of rotatable bonds is 6. The van der Waals surface area contributed by atoms with E-state index >= 15 is 0 Å². The van der Waals surface area contributed by atoms with Crippen molar-refractivity contribution in [1.29, 1.82) is 0 Å². The average Bonchev–Trinajstić information content (AvgIpc) is 3.67. The SMILES string of the molecule is Cc1cc(-c2ccccc2)c(O)c(-c2c(-c3cccc(-c4c(-c5cc(C)cc(-c6ccccc6)c5O)n(C)c5ccccc45)n3)c3ccccc3n2C)c1.[CH3-].[CH3-].[Hf]. The van der Waals surface area contributed by atoms with Crippen LogP contribution in [0.3, 0.4) is 0 Å². The van der Waals surface area contributed by atoms with Crippen LogP contribution in [0.15, 0.2) is 152 Å². The minimum absolute atomic E-state index is 0. The molecular formula is C51H45HfN3O2-2.